The maximum Gasteiger partial charge on any atom is 0.230 e. The van der Waals surface area contributed by atoms with E-state index in [0.717, 1.165) is 74.4 Å². The number of rotatable bonds is 3. The van der Waals surface area contributed by atoms with Gasteiger partial charge in [0, 0.05) is 26.2 Å². The van der Waals surface area contributed by atoms with Crippen LogP contribution in [0.15, 0.2) is 34.5 Å². The molecule has 0 aromatic carbocycles. The quantitative estimate of drug-likeness (QED) is 0.800. The van der Waals surface area contributed by atoms with Crippen LogP contribution in [0.3, 0.4) is 0 Å². The van der Waals surface area contributed by atoms with Gasteiger partial charge in [-0.15, -0.1) is 0 Å². The number of piperazine rings is 1. The van der Waals surface area contributed by atoms with Crippen molar-refractivity contribution in [1.29, 1.82) is 0 Å². The number of hydrogen-bond donors (Lipinski definition) is 1. The zero-order chi connectivity index (χ0) is 21.5. The van der Waals surface area contributed by atoms with Gasteiger partial charge in [-0.05, 0) is 32.0 Å². The van der Waals surface area contributed by atoms with Crippen LogP contribution in [-0.2, 0) is 0 Å². The Morgan fingerprint density at radius 2 is 1.81 bits per heavy atom. The number of nitrogens with zero attached hydrogens (tertiary/aromatic N) is 8. The lowest BCUT2D eigenvalue weighted by Gasteiger charge is -2.42. The Bertz CT molecular complexity index is 1050. The SMILES string of the molecule is CN1CCN(c2ccc(Nc3ncc4c(n3)N3C(=NCC35CCCCC5)C=N4)nc2)CC1. The molecule has 6 rings (SSSR count). The van der Waals surface area contributed by atoms with E-state index in [2.05, 4.69) is 48.1 Å². The normalized spacial score (nSPS) is 22.0. The molecule has 1 N–H and O–H groups in total. The third kappa shape index (κ3) is 3.40. The molecule has 1 saturated carbocycles. The molecule has 1 saturated heterocycles. The van der Waals surface area contributed by atoms with Crippen molar-refractivity contribution in [3.05, 3.63) is 24.5 Å². The van der Waals surface area contributed by atoms with E-state index in [1.165, 1.54) is 19.3 Å². The summed E-state index contributed by atoms with van der Waals surface area (Å²) in [6.07, 6.45) is 11.7. The van der Waals surface area contributed by atoms with Crippen LogP contribution in [0.25, 0.3) is 0 Å². The molecule has 2 aromatic heterocycles. The molecule has 1 aliphatic carbocycles. The summed E-state index contributed by atoms with van der Waals surface area (Å²) < 4.78 is 0. The van der Waals surface area contributed by atoms with Gasteiger partial charge in [0.1, 0.15) is 17.3 Å². The van der Waals surface area contributed by atoms with Gasteiger partial charge < -0.3 is 15.1 Å². The van der Waals surface area contributed by atoms with Gasteiger partial charge in [0.15, 0.2) is 5.82 Å². The molecular weight excluding hydrogens is 402 g/mol. The Morgan fingerprint density at radius 3 is 2.59 bits per heavy atom. The molecule has 4 aliphatic rings. The highest BCUT2D eigenvalue weighted by Crippen LogP contribution is 2.44. The zero-order valence-electron chi connectivity index (χ0n) is 18.5. The standard InChI is InChI=1S/C23H29N9/c1-30-9-11-31(12-10-30)17-5-6-19(25-13-17)28-22-26-14-18-21(29-22)32-20(15-24-18)27-16-23(32)7-3-2-4-8-23/h5-6,13-15H,2-4,7-12,16H2,1H3,(H,25,26,28,29). The average Bonchev–Trinajstić information content (AvgIpc) is 3.19. The molecule has 3 aliphatic heterocycles. The molecule has 1 spiro atoms. The predicted molar refractivity (Wildman–Crippen MR) is 128 cm³/mol. The fourth-order valence-corrected chi connectivity index (χ4v) is 5.27. The van der Waals surface area contributed by atoms with Crippen LogP contribution in [0, 0.1) is 0 Å². The molecule has 0 unspecified atom stereocenters. The van der Waals surface area contributed by atoms with E-state index >= 15 is 0 Å². The Balaban J connectivity index is 1.23. The van der Waals surface area contributed by atoms with E-state index in [1.807, 2.05) is 18.5 Å². The van der Waals surface area contributed by atoms with Gasteiger partial charge in [0.05, 0.1) is 36.4 Å². The van der Waals surface area contributed by atoms with E-state index in [-0.39, 0.29) is 5.54 Å². The van der Waals surface area contributed by atoms with Gasteiger partial charge in [-0.3, -0.25) is 9.89 Å². The summed E-state index contributed by atoms with van der Waals surface area (Å²) >= 11 is 0. The van der Waals surface area contributed by atoms with E-state index in [1.54, 1.807) is 6.20 Å². The summed E-state index contributed by atoms with van der Waals surface area (Å²) in [6, 6.07) is 4.12. The van der Waals surface area contributed by atoms with Gasteiger partial charge in [0.2, 0.25) is 5.95 Å². The van der Waals surface area contributed by atoms with Crippen LogP contribution in [-0.4, -0.2) is 77.2 Å². The Labute approximate surface area is 188 Å². The highest BCUT2D eigenvalue weighted by atomic mass is 15.4. The molecule has 2 fully saturated rings. The molecule has 9 heteroatoms. The number of likely N-dealkylation sites (N-methyl/N-ethyl adjacent to an activating group) is 1. The first-order chi connectivity index (χ1) is 15.7. The van der Waals surface area contributed by atoms with Crippen LogP contribution in [0.5, 0.6) is 0 Å². The van der Waals surface area contributed by atoms with Crippen LogP contribution in [0.2, 0.25) is 0 Å². The lowest BCUT2D eigenvalue weighted by Crippen LogP contribution is -2.52. The van der Waals surface area contributed by atoms with Gasteiger partial charge in [0.25, 0.3) is 0 Å². The van der Waals surface area contributed by atoms with Gasteiger partial charge in [-0.25, -0.2) is 15.0 Å². The predicted octanol–water partition coefficient (Wildman–Crippen LogP) is 3.00. The summed E-state index contributed by atoms with van der Waals surface area (Å²) in [5.74, 6) is 3.07. The molecule has 9 nitrogen and oxygen atoms in total. The van der Waals surface area contributed by atoms with Crippen molar-refractivity contribution in [2.45, 2.75) is 37.6 Å². The van der Waals surface area contributed by atoms with E-state index in [4.69, 9.17) is 9.98 Å². The lowest BCUT2D eigenvalue weighted by atomic mass is 9.80. The number of aromatic nitrogens is 3. The Morgan fingerprint density at radius 1 is 0.969 bits per heavy atom. The second kappa shape index (κ2) is 7.81. The number of aliphatic imine (C=N–C) groups is 2. The van der Waals surface area contributed by atoms with Crippen molar-refractivity contribution in [2.24, 2.45) is 9.98 Å². The lowest BCUT2D eigenvalue weighted by molar-refractivity contribution is 0.313. The molecule has 0 radical (unpaired) electrons. The van der Waals surface area contributed by atoms with Crippen LogP contribution >= 0.6 is 0 Å². The number of fused-ring (bicyclic) bond motifs is 4. The maximum absolute atomic E-state index is 4.87. The van der Waals surface area contributed by atoms with Crippen LogP contribution < -0.4 is 15.1 Å². The Kier molecular flexibility index (Phi) is 4.78. The third-order valence-corrected chi connectivity index (χ3v) is 7.16. The van der Waals surface area contributed by atoms with E-state index in [0.29, 0.717) is 5.95 Å². The molecule has 166 valence electrons. The molecule has 0 atom stereocenters. The highest BCUT2D eigenvalue weighted by molar-refractivity contribution is 6.39. The summed E-state index contributed by atoms with van der Waals surface area (Å²) in [5.41, 5.74) is 2.00. The first-order valence-electron chi connectivity index (χ1n) is 11.6. The van der Waals surface area contributed by atoms with E-state index < -0.39 is 0 Å². The van der Waals surface area contributed by atoms with Crippen molar-refractivity contribution in [1.82, 2.24) is 19.9 Å². The van der Waals surface area contributed by atoms with Gasteiger partial charge in [-0.1, -0.05) is 19.3 Å². The fraction of sp³-hybridized carbons (Fsp3) is 0.522. The van der Waals surface area contributed by atoms with E-state index in [9.17, 15) is 0 Å². The highest BCUT2D eigenvalue weighted by Gasteiger charge is 2.46. The van der Waals surface area contributed by atoms with Crippen molar-refractivity contribution in [3.63, 3.8) is 0 Å². The van der Waals surface area contributed by atoms with Crippen molar-refractivity contribution in [3.8, 4) is 0 Å². The second-order valence-corrected chi connectivity index (χ2v) is 9.27. The smallest absolute Gasteiger partial charge is 0.230 e. The first-order valence-corrected chi connectivity index (χ1v) is 11.6. The summed E-state index contributed by atoms with van der Waals surface area (Å²) in [6.45, 7) is 5.04. The summed E-state index contributed by atoms with van der Waals surface area (Å²) in [4.78, 5) is 30.4. The first kappa shape index (κ1) is 19.6. The minimum absolute atomic E-state index is 0.0445. The molecule has 5 heterocycles. The monoisotopic (exact) mass is 431 g/mol. The third-order valence-electron chi connectivity index (χ3n) is 7.16. The summed E-state index contributed by atoms with van der Waals surface area (Å²) in [7, 11) is 2.17. The number of nitrogens with one attached hydrogen (secondary N) is 1. The maximum atomic E-state index is 4.87. The topological polar surface area (TPSA) is 85.1 Å². The fourth-order valence-electron chi connectivity index (χ4n) is 5.27. The van der Waals surface area contributed by atoms with Crippen molar-refractivity contribution >= 4 is 41.0 Å². The number of anilines is 4. The van der Waals surface area contributed by atoms with Gasteiger partial charge >= 0.3 is 0 Å². The Hall–Kier alpha value is -3.07. The number of pyridine rings is 1. The minimum Gasteiger partial charge on any atom is -0.368 e. The molecule has 0 bridgehead atoms. The largest absolute Gasteiger partial charge is 0.368 e. The summed E-state index contributed by atoms with van der Waals surface area (Å²) in [5, 5.41) is 3.28. The van der Waals surface area contributed by atoms with Crippen molar-refractivity contribution in [2.75, 3.05) is 54.9 Å². The molecule has 0 amide bonds. The second-order valence-electron chi connectivity index (χ2n) is 9.27. The van der Waals surface area contributed by atoms with Gasteiger partial charge in [-0.2, -0.15) is 4.98 Å². The zero-order valence-corrected chi connectivity index (χ0v) is 18.5. The number of amidine groups is 1. The molecule has 2 aromatic rings. The number of hydrogen-bond acceptors (Lipinski definition) is 9. The van der Waals surface area contributed by atoms with Crippen LogP contribution in [0.4, 0.5) is 29.0 Å². The molecule has 32 heavy (non-hydrogen) atoms. The van der Waals surface area contributed by atoms with Crippen molar-refractivity contribution < 1.29 is 0 Å². The average molecular weight is 432 g/mol. The molecular formula is C23H29N9. The van der Waals surface area contributed by atoms with Crippen LogP contribution in [0.1, 0.15) is 32.1 Å². The minimum atomic E-state index is 0.0445.